The Morgan fingerprint density at radius 3 is 1.23 bits per heavy atom. The molecule has 434 valence electrons. The number of amides is 1. The summed E-state index contributed by atoms with van der Waals surface area (Å²) in [6, 6.07) is -0.869. The van der Waals surface area contributed by atoms with E-state index in [4.69, 9.17) is 9.05 Å². The molecule has 0 rings (SSSR count). The minimum absolute atomic E-state index is 0.0530. The van der Waals surface area contributed by atoms with E-state index < -0.39 is 20.0 Å². The first kappa shape index (κ1) is 72.4. The number of aliphatic hydroxyl groups is 1. The highest BCUT2D eigenvalue weighted by Crippen LogP contribution is 2.43. The van der Waals surface area contributed by atoms with Gasteiger partial charge in [-0.2, -0.15) is 0 Å². The Morgan fingerprint density at radius 2 is 0.813 bits per heavy atom. The van der Waals surface area contributed by atoms with Crippen LogP contribution in [-0.4, -0.2) is 73.4 Å². The molecule has 0 aromatic carbocycles. The minimum atomic E-state index is -4.36. The smallest absolute Gasteiger partial charge is 0.387 e. The van der Waals surface area contributed by atoms with Crippen LogP contribution < -0.4 is 5.32 Å². The van der Waals surface area contributed by atoms with Gasteiger partial charge in [0.2, 0.25) is 5.91 Å². The highest BCUT2D eigenvalue weighted by Gasteiger charge is 2.27. The molecule has 1 amide bonds. The van der Waals surface area contributed by atoms with Crippen molar-refractivity contribution in [1.82, 2.24) is 5.32 Å². The first-order valence-electron chi connectivity index (χ1n) is 31.1. The predicted octanol–water partition coefficient (Wildman–Crippen LogP) is 19.4. The number of hydrogen-bond acceptors (Lipinski definition) is 5. The lowest BCUT2D eigenvalue weighted by Crippen LogP contribution is -2.45. The van der Waals surface area contributed by atoms with Gasteiger partial charge < -0.3 is 19.8 Å². The number of nitrogens with one attached hydrogen (secondary N) is 1. The van der Waals surface area contributed by atoms with Crippen molar-refractivity contribution in [3.63, 3.8) is 0 Å². The molecule has 0 aromatic rings. The molecule has 0 aliphatic carbocycles. The predicted molar refractivity (Wildman–Crippen MR) is 327 cm³/mol. The van der Waals surface area contributed by atoms with E-state index in [1.54, 1.807) is 6.08 Å². The van der Waals surface area contributed by atoms with Crippen LogP contribution in [-0.2, 0) is 18.4 Å². The summed E-state index contributed by atoms with van der Waals surface area (Å²) in [7, 11) is 1.55. The van der Waals surface area contributed by atoms with Crippen LogP contribution in [0.4, 0.5) is 0 Å². The van der Waals surface area contributed by atoms with Crippen LogP contribution in [0.1, 0.15) is 264 Å². The van der Waals surface area contributed by atoms with Gasteiger partial charge in [0, 0.05) is 6.42 Å². The number of unbranched alkanes of at least 4 members (excludes halogenated alkanes) is 29. The van der Waals surface area contributed by atoms with Gasteiger partial charge in [-0.25, -0.2) is 4.57 Å². The third-order valence-electron chi connectivity index (χ3n) is 13.5. The van der Waals surface area contributed by atoms with E-state index in [1.165, 1.54) is 167 Å². The molecule has 0 fully saturated rings. The molecule has 3 unspecified atom stereocenters. The summed E-state index contributed by atoms with van der Waals surface area (Å²) in [4.78, 5) is 23.3. The van der Waals surface area contributed by atoms with Crippen LogP contribution in [0.5, 0.6) is 0 Å². The van der Waals surface area contributed by atoms with Gasteiger partial charge in [0.15, 0.2) is 0 Å². The number of phosphoric acid groups is 1. The van der Waals surface area contributed by atoms with E-state index in [-0.39, 0.29) is 19.1 Å². The molecule has 0 aliphatic heterocycles. The van der Waals surface area contributed by atoms with Crippen LogP contribution in [0, 0.1) is 0 Å². The molecule has 0 spiro atoms. The summed E-state index contributed by atoms with van der Waals surface area (Å²) in [5.41, 5.74) is 0. The molecule has 0 aromatic heterocycles. The molecule has 9 heteroatoms. The number of allylic oxidation sites excluding steroid dienone is 15. The van der Waals surface area contributed by atoms with Crippen molar-refractivity contribution in [2.75, 3.05) is 40.9 Å². The minimum Gasteiger partial charge on any atom is -0.387 e. The fourth-order valence-electron chi connectivity index (χ4n) is 8.71. The maximum absolute atomic E-state index is 13.0. The average Bonchev–Trinajstić information content (AvgIpc) is 3.37. The van der Waals surface area contributed by atoms with Crippen LogP contribution in [0.2, 0.25) is 0 Å². The number of carbonyl (C=O) groups excluding carboxylic acids is 1. The van der Waals surface area contributed by atoms with Crippen molar-refractivity contribution in [1.29, 1.82) is 0 Å². The maximum atomic E-state index is 13.0. The van der Waals surface area contributed by atoms with E-state index >= 15 is 0 Å². The number of hydrogen-bond donors (Lipinski definition) is 3. The Balaban J connectivity index is 4.16. The zero-order valence-corrected chi connectivity index (χ0v) is 50.4. The van der Waals surface area contributed by atoms with Gasteiger partial charge >= 0.3 is 7.82 Å². The van der Waals surface area contributed by atoms with Crippen LogP contribution >= 0.6 is 7.82 Å². The lowest BCUT2D eigenvalue weighted by Gasteiger charge is -2.25. The monoisotopic (exact) mass is 1070 g/mol. The molecule has 3 N–H and O–H groups in total. The molecular formula is C66H120N2O6P+. The van der Waals surface area contributed by atoms with E-state index in [9.17, 15) is 19.4 Å². The fourth-order valence-corrected chi connectivity index (χ4v) is 9.45. The highest BCUT2D eigenvalue weighted by atomic mass is 31.2. The molecule has 3 atom stereocenters. The Hall–Kier alpha value is -2.58. The van der Waals surface area contributed by atoms with Crippen molar-refractivity contribution in [2.45, 2.75) is 276 Å². The molecular weight excluding hydrogens is 948 g/mol. The van der Waals surface area contributed by atoms with Crippen molar-refractivity contribution in [3.05, 3.63) is 97.2 Å². The summed E-state index contributed by atoms with van der Waals surface area (Å²) in [6.45, 7) is 4.69. The van der Waals surface area contributed by atoms with Crippen LogP contribution in [0.25, 0.3) is 0 Å². The zero-order valence-electron chi connectivity index (χ0n) is 49.5. The molecule has 0 saturated heterocycles. The molecule has 0 saturated carbocycles. The molecule has 75 heavy (non-hydrogen) atoms. The summed E-state index contributed by atoms with van der Waals surface area (Å²) in [5.74, 6) is -0.189. The average molecular weight is 1070 g/mol. The normalized spacial score (nSPS) is 14.5. The number of aliphatic hydroxyl groups excluding tert-OH is 1. The second-order valence-corrected chi connectivity index (χ2v) is 23.5. The van der Waals surface area contributed by atoms with Gasteiger partial charge in [-0.1, -0.05) is 272 Å². The van der Waals surface area contributed by atoms with Crippen LogP contribution in [0.3, 0.4) is 0 Å². The lowest BCUT2D eigenvalue weighted by atomic mass is 10.0. The highest BCUT2D eigenvalue weighted by molar-refractivity contribution is 7.47. The summed E-state index contributed by atoms with van der Waals surface area (Å²) >= 11 is 0. The van der Waals surface area contributed by atoms with E-state index in [0.717, 1.165) is 77.0 Å². The molecule has 0 radical (unpaired) electrons. The second kappa shape index (κ2) is 56.2. The van der Waals surface area contributed by atoms with Gasteiger partial charge in [0.05, 0.1) is 39.9 Å². The van der Waals surface area contributed by atoms with Gasteiger partial charge in [-0.3, -0.25) is 13.8 Å². The number of likely N-dealkylation sites (N-methyl/N-ethyl adjacent to an activating group) is 1. The lowest BCUT2D eigenvalue weighted by molar-refractivity contribution is -0.870. The van der Waals surface area contributed by atoms with E-state index in [0.29, 0.717) is 17.4 Å². The van der Waals surface area contributed by atoms with Crippen LogP contribution in [0.15, 0.2) is 97.2 Å². The van der Waals surface area contributed by atoms with Gasteiger partial charge in [0.25, 0.3) is 0 Å². The number of rotatable bonds is 56. The van der Waals surface area contributed by atoms with Gasteiger partial charge in [0.1, 0.15) is 13.2 Å². The number of quaternary nitrogens is 1. The first-order valence-corrected chi connectivity index (χ1v) is 32.6. The third kappa shape index (κ3) is 58.9. The number of carbonyl (C=O) groups is 1. The van der Waals surface area contributed by atoms with Crippen molar-refractivity contribution >= 4 is 13.7 Å². The topological polar surface area (TPSA) is 105 Å². The Kier molecular flexibility index (Phi) is 54.2. The van der Waals surface area contributed by atoms with E-state index in [1.807, 2.05) is 27.2 Å². The zero-order chi connectivity index (χ0) is 54.9. The third-order valence-corrected chi connectivity index (χ3v) is 14.5. The molecule has 0 heterocycles. The van der Waals surface area contributed by atoms with E-state index in [2.05, 4.69) is 104 Å². The number of phosphoric ester groups is 1. The maximum Gasteiger partial charge on any atom is 0.472 e. The molecule has 0 aliphatic rings. The Bertz CT molecular complexity index is 1540. The van der Waals surface area contributed by atoms with Gasteiger partial charge in [-0.15, -0.1) is 0 Å². The quantitative estimate of drug-likeness (QED) is 0.0243. The summed E-state index contributed by atoms with van der Waals surface area (Å²) in [5, 5.41) is 13.9. The fraction of sp³-hybridized carbons (Fsp3) is 0.742. The van der Waals surface area contributed by atoms with Crippen molar-refractivity contribution in [3.8, 4) is 0 Å². The largest absolute Gasteiger partial charge is 0.472 e. The molecule has 0 bridgehead atoms. The standard InChI is InChI=1S/C66H119N2O6P/c1-6-8-10-12-14-16-18-20-22-24-26-28-29-30-31-32-33-34-35-36-37-38-39-40-42-44-46-48-50-52-54-56-58-60-66(70)67-64(63-74-75(71,72)73-62-61-68(3,4)5)65(69)59-57-55-53-51-49-47-45-43-41-27-25-23-21-19-17-15-13-11-9-7-2/h8,10,14,16,20,22,26,28,30-31,33-34,49,51,57,59,64-65,69H,6-7,9,11-13,15,17-19,21,23-25,27,29,32,35-48,50,52-56,58,60-63H2,1-5H3,(H-,67,70,71,72)/p+1/b10-8-,16-14-,22-20-,28-26-,31-30-,34-33-,51-49+,59-57+. The molecule has 8 nitrogen and oxygen atoms in total. The number of nitrogens with zero attached hydrogens (tertiary/aromatic N) is 1. The Labute approximate surface area is 464 Å². The van der Waals surface area contributed by atoms with Gasteiger partial charge in [-0.05, 0) is 83.5 Å². The van der Waals surface area contributed by atoms with Crippen molar-refractivity contribution < 1.29 is 32.9 Å². The summed E-state index contributed by atoms with van der Waals surface area (Å²) < 4.78 is 23.7. The second-order valence-electron chi connectivity index (χ2n) is 22.0. The first-order chi connectivity index (χ1) is 36.5. The Morgan fingerprint density at radius 1 is 0.467 bits per heavy atom. The van der Waals surface area contributed by atoms with Crippen molar-refractivity contribution in [2.24, 2.45) is 0 Å². The summed E-state index contributed by atoms with van der Waals surface area (Å²) in [6.07, 6.45) is 80.9. The SMILES string of the molecule is CC/C=C\C/C=C\C/C=C\C/C=C\C/C=C\C/C=C\CCCCCCCCCCCCCCCCC(=O)NC(COP(=O)(O)OCC[N+](C)(C)C)C(O)/C=C/CC/C=C/CCCCCCCCCCCCCCCC.